The van der Waals surface area contributed by atoms with E-state index in [0.29, 0.717) is 5.75 Å². The summed E-state index contributed by atoms with van der Waals surface area (Å²) in [6.07, 6.45) is 0.911. The van der Waals surface area contributed by atoms with E-state index in [2.05, 4.69) is 37.3 Å². The SMILES string of the molecule is CCc1c(C)c(O)c2ccccc2c1-c1ccccc1. The van der Waals surface area contributed by atoms with Crippen LogP contribution in [0, 0.1) is 6.92 Å². The zero-order chi connectivity index (χ0) is 14.1. The van der Waals surface area contributed by atoms with Gasteiger partial charge in [0.15, 0.2) is 0 Å². The molecule has 100 valence electrons. The van der Waals surface area contributed by atoms with Crippen molar-refractivity contribution in [2.45, 2.75) is 20.3 Å². The van der Waals surface area contributed by atoms with Crippen LogP contribution >= 0.6 is 0 Å². The van der Waals surface area contributed by atoms with Crippen molar-refractivity contribution in [3.63, 3.8) is 0 Å². The van der Waals surface area contributed by atoms with Gasteiger partial charge in [-0.25, -0.2) is 0 Å². The molecule has 0 amide bonds. The van der Waals surface area contributed by atoms with Gasteiger partial charge in [0.2, 0.25) is 0 Å². The molecule has 0 radical (unpaired) electrons. The number of hydrogen-bond acceptors (Lipinski definition) is 1. The van der Waals surface area contributed by atoms with Gasteiger partial charge in [0, 0.05) is 5.39 Å². The molecular formula is C19H18O. The molecule has 3 aromatic carbocycles. The van der Waals surface area contributed by atoms with Crippen LogP contribution in [-0.2, 0) is 6.42 Å². The number of rotatable bonds is 2. The van der Waals surface area contributed by atoms with E-state index in [0.717, 1.165) is 22.8 Å². The highest BCUT2D eigenvalue weighted by atomic mass is 16.3. The lowest BCUT2D eigenvalue weighted by molar-refractivity contribution is 0.477. The molecule has 0 aliphatic rings. The molecule has 1 N–H and O–H groups in total. The minimum atomic E-state index is 0.414. The number of aromatic hydroxyl groups is 1. The lowest BCUT2D eigenvalue weighted by Crippen LogP contribution is -1.95. The fourth-order valence-corrected chi connectivity index (χ4v) is 2.98. The van der Waals surface area contributed by atoms with Gasteiger partial charge < -0.3 is 5.11 Å². The molecule has 0 saturated heterocycles. The van der Waals surface area contributed by atoms with Crippen LogP contribution in [0.15, 0.2) is 54.6 Å². The Morgan fingerprint density at radius 1 is 0.850 bits per heavy atom. The summed E-state index contributed by atoms with van der Waals surface area (Å²) in [5.41, 5.74) is 4.68. The number of benzene rings is 3. The Hall–Kier alpha value is -2.28. The Morgan fingerprint density at radius 2 is 1.45 bits per heavy atom. The summed E-state index contributed by atoms with van der Waals surface area (Å²) >= 11 is 0. The molecule has 0 atom stereocenters. The molecule has 0 unspecified atom stereocenters. The Balaban J connectivity index is 2.49. The first-order chi connectivity index (χ1) is 9.74. The Bertz CT molecular complexity index is 758. The Morgan fingerprint density at radius 3 is 2.10 bits per heavy atom. The molecule has 3 rings (SSSR count). The van der Waals surface area contributed by atoms with E-state index in [1.165, 1.54) is 16.7 Å². The maximum Gasteiger partial charge on any atom is 0.126 e. The largest absolute Gasteiger partial charge is 0.507 e. The highest BCUT2D eigenvalue weighted by molar-refractivity contribution is 6.02. The van der Waals surface area contributed by atoms with Crippen LogP contribution in [0.2, 0.25) is 0 Å². The standard InChI is InChI=1S/C19H18O/c1-3-15-13(2)19(20)17-12-8-7-11-16(17)18(15)14-9-5-4-6-10-14/h4-12,20H,3H2,1-2H3. The molecule has 0 aliphatic heterocycles. The monoisotopic (exact) mass is 262 g/mol. The molecule has 0 saturated carbocycles. The summed E-state index contributed by atoms with van der Waals surface area (Å²) in [4.78, 5) is 0. The van der Waals surface area contributed by atoms with Gasteiger partial charge in [-0.1, -0.05) is 61.5 Å². The summed E-state index contributed by atoms with van der Waals surface area (Å²) in [7, 11) is 0. The number of phenols is 1. The molecule has 20 heavy (non-hydrogen) atoms. The minimum Gasteiger partial charge on any atom is -0.507 e. The van der Waals surface area contributed by atoms with Gasteiger partial charge in [0.25, 0.3) is 0 Å². The summed E-state index contributed by atoms with van der Waals surface area (Å²) < 4.78 is 0. The molecule has 0 aromatic heterocycles. The second-order valence-electron chi connectivity index (χ2n) is 5.09. The van der Waals surface area contributed by atoms with E-state index in [-0.39, 0.29) is 0 Å². The van der Waals surface area contributed by atoms with E-state index in [9.17, 15) is 5.11 Å². The Labute approximate surface area is 119 Å². The predicted molar refractivity (Wildman–Crippen MR) is 85.2 cm³/mol. The summed E-state index contributed by atoms with van der Waals surface area (Å²) in [6, 6.07) is 18.5. The predicted octanol–water partition coefficient (Wildman–Crippen LogP) is 5.08. The molecule has 1 heteroatoms. The van der Waals surface area contributed by atoms with Crippen LogP contribution in [0.3, 0.4) is 0 Å². The molecule has 1 nitrogen and oxygen atoms in total. The van der Waals surface area contributed by atoms with E-state index in [1.807, 2.05) is 31.2 Å². The molecule has 0 fully saturated rings. The van der Waals surface area contributed by atoms with E-state index >= 15 is 0 Å². The van der Waals surface area contributed by atoms with E-state index in [1.54, 1.807) is 0 Å². The van der Waals surface area contributed by atoms with Crippen LogP contribution in [0.5, 0.6) is 5.75 Å². The van der Waals surface area contributed by atoms with Gasteiger partial charge in [-0.05, 0) is 41.0 Å². The molecular weight excluding hydrogens is 244 g/mol. The van der Waals surface area contributed by atoms with Crippen molar-refractivity contribution in [2.24, 2.45) is 0 Å². The third-order valence-electron chi connectivity index (χ3n) is 3.98. The smallest absolute Gasteiger partial charge is 0.126 e. The van der Waals surface area contributed by atoms with Crippen LogP contribution in [0.1, 0.15) is 18.1 Å². The van der Waals surface area contributed by atoms with Gasteiger partial charge in [-0.15, -0.1) is 0 Å². The van der Waals surface area contributed by atoms with Gasteiger partial charge in [-0.3, -0.25) is 0 Å². The maximum absolute atomic E-state index is 10.4. The molecule has 0 bridgehead atoms. The third-order valence-corrected chi connectivity index (χ3v) is 3.98. The van der Waals surface area contributed by atoms with Crippen molar-refractivity contribution in [3.8, 4) is 16.9 Å². The molecule has 0 aliphatic carbocycles. The summed E-state index contributed by atoms with van der Waals surface area (Å²) in [6.45, 7) is 4.15. The molecule has 3 aromatic rings. The Kier molecular flexibility index (Phi) is 3.19. The minimum absolute atomic E-state index is 0.414. The molecule has 0 heterocycles. The first-order valence-electron chi connectivity index (χ1n) is 7.02. The topological polar surface area (TPSA) is 20.2 Å². The first-order valence-corrected chi connectivity index (χ1v) is 7.02. The maximum atomic E-state index is 10.4. The second-order valence-corrected chi connectivity index (χ2v) is 5.09. The first kappa shape index (κ1) is 12.7. The van der Waals surface area contributed by atoms with Gasteiger partial charge in [0.1, 0.15) is 5.75 Å². The lowest BCUT2D eigenvalue weighted by atomic mass is 9.88. The lowest BCUT2D eigenvalue weighted by Gasteiger charge is -2.17. The number of phenolic OH excluding ortho intramolecular Hbond substituents is 1. The van der Waals surface area contributed by atoms with Crippen molar-refractivity contribution in [3.05, 3.63) is 65.7 Å². The molecule has 0 spiro atoms. The van der Waals surface area contributed by atoms with Crippen molar-refractivity contribution in [1.82, 2.24) is 0 Å². The van der Waals surface area contributed by atoms with Gasteiger partial charge in [-0.2, -0.15) is 0 Å². The zero-order valence-electron chi connectivity index (χ0n) is 11.9. The fourth-order valence-electron chi connectivity index (χ4n) is 2.98. The van der Waals surface area contributed by atoms with Crippen LogP contribution in [0.4, 0.5) is 0 Å². The van der Waals surface area contributed by atoms with Crippen molar-refractivity contribution >= 4 is 10.8 Å². The average molecular weight is 262 g/mol. The average Bonchev–Trinajstić information content (AvgIpc) is 2.51. The zero-order valence-corrected chi connectivity index (χ0v) is 11.9. The fraction of sp³-hybridized carbons (Fsp3) is 0.158. The van der Waals surface area contributed by atoms with Crippen molar-refractivity contribution in [1.29, 1.82) is 0 Å². The summed E-state index contributed by atoms with van der Waals surface area (Å²) in [5.74, 6) is 0.414. The van der Waals surface area contributed by atoms with E-state index in [4.69, 9.17) is 0 Å². The number of hydrogen-bond donors (Lipinski definition) is 1. The summed E-state index contributed by atoms with van der Waals surface area (Å²) in [5, 5.41) is 12.5. The quantitative estimate of drug-likeness (QED) is 0.682. The van der Waals surface area contributed by atoms with Crippen LogP contribution in [0.25, 0.3) is 21.9 Å². The van der Waals surface area contributed by atoms with Crippen LogP contribution < -0.4 is 0 Å². The van der Waals surface area contributed by atoms with E-state index < -0.39 is 0 Å². The second kappa shape index (κ2) is 5.01. The van der Waals surface area contributed by atoms with Gasteiger partial charge >= 0.3 is 0 Å². The van der Waals surface area contributed by atoms with Crippen molar-refractivity contribution in [2.75, 3.05) is 0 Å². The highest BCUT2D eigenvalue weighted by Crippen LogP contribution is 2.40. The normalized spacial score (nSPS) is 10.9. The van der Waals surface area contributed by atoms with Crippen molar-refractivity contribution < 1.29 is 5.11 Å². The highest BCUT2D eigenvalue weighted by Gasteiger charge is 2.15. The van der Waals surface area contributed by atoms with Crippen LogP contribution in [-0.4, -0.2) is 5.11 Å². The third kappa shape index (κ3) is 1.87. The van der Waals surface area contributed by atoms with Gasteiger partial charge in [0.05, 0.1) is 0 Å². The number of fused-ring (bicyclic) bond motifs is 1.